The SMILES string of the molecule is NC(=O)[C@@H](C[C@H](O)[C@@H](N)Cc1ccccc1)C1(O)CCCCCC1. The maximum absolute atomic E-state index is 11.9. The maximum Gasteiger partial charge on any atom is 0.223 e. The lowest BCUT2D eigenvalue weighted by atomic mass is 9.76. The van der Waals surface area contributed by atoms with Crippen molar-refractivity contribution in [2.75, 3.05) is 0 Å². The van der Waals surface area contributed by atoms with Crippen molar-refractivity contribution in [3.8, 4) is 0 Å². The molecule has 0 radical (unpaired) electrons. The summed E-state index contributed by atoms with van der Waals surface area (Å²) in [5.74, 6) is -1.31. The molecule has 1 aromatic carbocycles. The Labute approximate surface area is 144 Å². The Morgan fingerprint density at radius 1 is 1.12 bits per heavy atom. The van der Waals surface area contributed by atoms with E-state index in [1.807, 2.05) is 30.3 Å². The highest BCUT2D eigenvalue weighted by atomic mass is 16.3. The van der Waals surface area contributed by atoms with Crippen molar-refractivity contribution in [3.05, 3.63) is 35.9 Å². The second-order valence-electron chi connectivity index (χ2n) is 7.13. The molecule has 0 heterocycles. The summed E-state index contributed by atoms with van der Waals surface area (Å²) >= 11 is 0. The van der Waals surface area contributed by atoms with Gasteiger partial charge in [-0.3, -0.25) is 4.79 Å². The van der Waals surface area contributed by atoms with Gasteiger partial charge in [0.05, 0.1) is 17.6 Å². The molecular formula is C19H30N2O3. The van der Waals surface area contributed by atoms with E-state index in [2.05, 4.69) is 0 Å². The van der Waals surface area contributed by atoms with Gasteiger partial charge in [0.15, 0.2) is 0 Å². The van der Waals surface area contributed by atoms with Crippen LogP contribution in [0.15, 0.2) is 30.3 Å². The molecule has 134 valence electrons. The fraction of sp³-hybridized carbons (Fsp3) is 0.632. The molecule has 0 unspecified atom stereocenters. The molecule has 1 saturated carbocycles. The molecule has 0 saturated heterocycles. The van der Waals surface area contributed by atoms with E-state index >= 15 is 0 Å². The van der Waals surface area contributed by atoms with Crippen molar-refractivity contribution in [2.24, 2.45) is 17.4 Å². The van der Waals surface area contributed by atoms with Crippen LogP contribution in [-0.4, -0.2) is 33.9 Å². The highest BCUT2D eigenvalue weighted by molar-refractivity contribution is 5.78. The molecular weight excluding hydrogens is 304 g/mol. The van der Waals surface area contributed by atoms with Gasteiger partial charge in [-0.15, -0.1) is 0 Å². The van der Waals surface area contributed by atoms with Crippen LogP contribution in [0.5, 0.6) is 0 Å². The first kappa shape index (κ1) is 18.9. The summed E-state index contributed by atoms with van der Waals surface area (Å²) in [6, 6.07) is 9.19. The first-order valence-electron chi connectivity index (χ1n) is 8.91. The quantitative estimate of drug-likeness (QED) is 0.566. The summed E-state index contributed by atoms with van der Waals surface area (Å²) < 4.78 is 0. The summed E-state index contributed by atoms with van der Waals surface area (Å²) in [4.78, 5) is 11.9. The van der Waals surface area contributed by atoms with Crippen LogP contribution in [0.2, 0.25) is 0 Å². The second-order valence-corrected chi connectivity index (χ2v) is 7.13. The van der Waals surface area contributed by atoms with Crippen molar-refractivity contribution in [2.45, 2.75) is 69.1 Å². The summed E-state index contributed by atoms with van der Waals surface area (Å²) in [6.45, 7) is 0. The van der Waals surface area contributed by atoms with Gasteiger partial charge in [-0.2, -0.15) is 0 Å². The highest BCUT2D eigenvalue weighted by Gasteiger charge is 2.41. The molecule has 0 aromatic heterocycles. The van der Waals surface area contributed by atoms with E-state index in [4.69, 9.17) is 11.5 Å². The minimum Gasteiger partial charge on any atom is -0.391 e. The van der Waals surface area contributed by atoms with Gasteiger partial charge in [0.1, 0.15) is 0 Å². The van der Waals surface area contributed by atoms with Crippen LogP contribution in [-0.2, 0) is 11.2 Å². The number of hydrogen-bond acceptors (Lipinski definition) is 4. The molecule has 2 rings (SSSR count). The van der Waals surface area contributed by atoms with Crippen molar-refractivity contribution in [3.63, 3.8) is 0 Å². The zero-order valence-electron chi connectivity index (χ0n) is 14.2. The number of benzene rings is 1. The molecule has 24 heavy (non-hydrogen) atoms. The van der Waals surface area contributed by atoms with E-state index in [0.29, 0.717) is 19.3 Å². The zero-order chi connectivity index (χ0) is 17.6. The molecule has 1 aromatic rings. The molecule has 1 amide bonds. The number of carbonyl (C=O) groups is 1. The van der Waals surface area contributed by atoms with Gasteiger partial charge < -0.3 is 21.7 Å². The Morgan fingerprint density at radius 3 is 2.25 bits per heavy atom. The number of rotatable bonds is 7. The van der Waals surface area contributed by atoms with Gasteiger partial charge in [-0.1, -0.05) is 56.0 Å². The molecule has 0 bridgehead atoms. The average molecular weight is 334 g/mol. The Hall–Kier alpha value is -1.43. The first-order chi connectivity index (χ1) is 11.4. The number of amides is 1. The zero-order valence-corrected chi connectivity index (χ0v) is 14.2. The average Bonchev–Trinajstić information content (AvgIpc) is 2.78. The van der Waals surface area contributed by atoms with Crippen molar-refractivity contribution < 1.29 is 15.0 Å². The lowest BCUT2D eigenvalue weighted by molar-refractivity contribution is -0.135. The Morgan fingerprint density at radius 2 is 1.71 bits per heavy atom. The first-order valence-corrected chi connectivity index (χ1v) is 8.91. The number of nitrogens with two attached hydrogens (primary N) is 2. The van der Waals surface area contributed by atoms with Crippen LogP contribution in [0.25, 0.3) is 0 Å². The molecule has 5 heteroatoms. The molecule has 1 fully saturated rings. The number of hydrogen-bond donors (Lipinski definition) is 4. The van der Waals surface area contributed by atoms with Crippen LogP contribution in [0.3, 0.4) is 0 Å². The molecule has 0 spiro atoms. The minimum atomic E-state index is -1.12. The van der Waals surface area contributed by atoms with Gasteiger partial charge in [-0.05, 0) is 31.2 Å². The molecule has 1 aliphatic rings. The third-order valence-corrected chi connectivity index (χ3v) is 5.25. The molecule has 5 nitrogen and oxygen atoms in total. The summed E-state index contributed by atoms with van der Waals surface area (Å²) in [6.07, 6.45) is 4.75. The Balaban J connectivity index is 2.02. The van der Waals surface area contributed by atoms with Crippen LogP contribution < -0.4 is 11.5 Å². The predicted octanol–water partition coefficient (Wildman–Crippen LogP) is 1.49. The Kier molecular flexibility index (Phi) is 6.78. The summed E-state index contributed by atoms with van der Waals surface area (Å²) in [5.41, 5.74) is 11.6. The van der Waals surface area contributed by atoms with E-state index in [-0.39, 0.29) is 6.42 Å². The molecule has 6 N–H and O–H groups in total. The fourth-order valence-electron chi connectivity index (χ4n) is 3.73. The van der Waals surface area contributed by atoms with Gasteiger partial charge in [0, 0.05) is 6.04 Å². The van der Waals surface area contributed by atoms with Gasteiger partial charge in [0.2, 0.25) is 5.91 Å². The van der Waals surface area contributed by atoms with E-state index in [9.17, 15) is 15.0 Å². The molecule has 1 aliphatic carbocycles. The van der Waals surface area contributed by atoms with E-state index in [1.165, 1.54) is 0 Å². The number of primary amides is 1. The standard InChI is InChI=1S/C19H30N2O3/c20-16(12-14-8-4-3-5-9-14)17(22)13-15(18(21)23)19(24)10-6-1-2-7-11-19/h3-5,8-9,15-17,22,24H,1-2,6-7,10-13,20H2,(H2,21,23)/t15-,16+,17+/m1/s1. The largest absolute Gasteiger partial charge is 0.391 e. The van der Waals surface area contributed by atoms with E-state index in [0.717, 1.165) is 31.2 Å². The van der Waals surface area contributed by atoms with Crippen molar-refractivity contribution in [1.29, 1.82) is 0 Å². The summed E-state index contributed by atoms with van der Waals surface area (Å²) in [7, 11) is 0. The predicted molar refractivity (Wildman–Crippen MR) is 94.1 cm³/mol. The second kappa shape index (κ2) is 8.60. The number of carbonyl (C=O) groups excluding carboxylic acids is 1. The normalized spacial score (nSPS) is 21.5. The van der Waals surface area contributed by atoms with Crippen LogP contribution in [0.4, 0.5) is 0 Å². The summed E-state index contributed by atoms with van der Waals surface area (Å²) in [5, 5.41) is 21.4. The topological polar surface area (TPSA) is 110 Å². The smallest absolute Gasteiger partial charge is 0.223 e. The van der Waals surface area contributed by atoms with Crippen molar-refractivity contribution >= 4 is 5.91 Å². The van der Waals surface area contributed by atoms with Gasteiger partial charge >= 0.3 is 0 Å². The highest BCUT2D eigenvalue weighted by Crippen LogP contribution is 2.36. The lowest BCUT2D eigenvalue weighted by Crippen LogP contribution is -2.49. The Bertz CT molecular complexity index is 513. The third-order valence-electron chi connectivity index (χ3n) is 5.25. The van der Waals surface area contributed by atoms with E-state index < -0.39 is 29.6 Å². The molecule has 3 atom stereocenters. The number of aliphatic hydroxyl groups is 2. The monoisotopic (exact) mass is 334 g/mol. The van der Waals surface area contributed by atoms with Crippen molar-refractivity contribution in [1.82, 2.24) is 0 Å². The van der Waals surface area contributed by atoms with Crippen LogP contribution in [0, 0.1) is 5.92 Å². The fourth-order valence-corrected chi connectivity index (χ4v) is 3.73. The van der Waals surface area contributed by atoms with E-state index in [1.54, 1.807) is 0 Å². The van der Waals surface area contributed by atoms with Crippen LogP contribution in [0.1, 0.15) is 50.5 Å². The minimum absolute atomic E-state index is 0.111. The maximum atomic E-state index is 11.9. The lowest BCUT2D eigenvalue weighted by Gasteiger charge is -2.35. The van der Waals surface area contributed by atoms with Crippen LogP contribution >= 0.6 is 0 Å². The van der Waals surface area contributed by atoms with Gasteiger partial charge in [-0.25, -0.2) is 0 Å². The molecule has 0 aliphatic heterocycles. The third kappa shape index (κ3) is 5.03. The number of aliphatic hydroxyl groups excluding tert-OH is 1. The van der Waals surface area contributed by atoms with Gasteiger partial charge in [0.25, 0.3) is 0 Å².